The molecular formula is C9H13N3. The van der Waals surface area contributed by atoms with Gasteiger partial charge in [-0.25, -0.2) is 9.50 Å². The Balaban J connectivity index is 0.000000336. The first kappa shape index (κ1) is 8.71. The monoisotopic (exact) mass is 163 g/mol. The molecule has 0 amide bonds. The van der Waals surface area contributed by atoms with E-state index in [0.717, 1.165) is 11.2 Å². The van der Waals surface area contributed by atoms with E-state index >= 15 is 0 Å². The van der Waals surface area contributed by atoms with E-state index in [4.69, 9.17) is 0 Å². The summed E-state index contributed by atoms with van der Waals surface area (Å²) in [6.07, 6.45) is 5.38. The molecule has 0 radical (unpaired) electrons. The van der Waals surface area contributed by atoms with Crippen LogP contribution in [-0.2, 0) is 0 Å². The van der Waals surface area contributed by atoms with Crippen molar-refractivity contribution in [3.05, 3.63) is 30.2 Å². The number of aromatic nitrogens is 3. The number of hydrogen-bond donors (Lipinski definition) is 0. The number of nitrogens with zero attached hydrogens (tertiary/aromatic N) is 3. The second-order valence-corrected chi connectivity index (χ2v) is 2.26. The van der Waals surface area contributed by atoms with Crippen LogP contribution in [0, 0.1) is 6.92 Å². The van der Waals surface area contributed by atoms with Crippen LogP contribution in [0.15, 0.2) is 24.7 Å². The van der Waals surface area contributed by atoms with Gasteiger partial charge in [0.05, 0.1) is 6.20 Å². The zero-order valence-electron chi connectivity index (χ0n) is 7.65. The van der Waals surface area contributed by atoms with Crippen LogP contribution in [0.3, 0.4) is 0 Å². The lowest BCUT2D eigenvalue weighted by molar-refractivity contribution is 0.927. The molecule has 0 aliphatic carbocycles. The molecule has 0 N–H and O–H groups in total. The summed E-state index contributed by atoms with van der Waals surface area (Å²) in [5.41, 5.74) is 2.04. The maximum Gasteiger partial charge on any atom is 0.153 e. The van der Waals surface area contributed by atoms with Gasteiger partial charge < -0.3 is 0 Å². The Morgan fingerprint density at radius 1 is 1.33 bits per heavy atom. The number of imidazole rings is 1. The van der Waals surface area contributed by atoms with Crippen LogP contribution in [0.1, 0.15) is 19.4 Å². The Kier molecular flexibility index (Phi) is 2.80. The molecule has 12 heavy (non-hydrogen) atoms. The molecule has 3 nitrogen and oxygen atoms in total. The molecule has 0 aromatic carbocycles. The van der Waals surface area contributed by atoms with Crippen LogP contribution >= 0.6 is 0 Å². The van der Waals surface area contributed by atoms with Crippen molar-refractivity contribution in [2.75, 3.05) is 0 Å². The highest BCUT2D eigenvalue weighted by Gasteiger charge is 1.91. The molecule has 0 saturated carbocycles. The molecule has 0 unspecified atom stereocenters. The molecule has 2 heterocycles. The molecule has 2 rings (SSSR count). The van der Waals surface area contributed by atoms with Crippen molar-refractivity contribution in [3.63, 3.8) is 0 Å². The van der Waals surface area contributed by atoms with Crippen LogP contribution in [0.25, 0.3) is 5.65 Å². The van der Waals surface area contributed by atoms with Gasteiger partial charge in [-0.15, -0.1) is 0 Å². The smallest absolute Gasteiger partial charge is 0.153 e. The van der Waals surface area contributed by atoms with E-state index < -0.39 is 0 Å². The van der Waals surface area contributed by atoms with Gasteiger partial charge in [0, 0.05) is 12.4 Å². The first-order valence-electron chi connectivity index (χ1n) is 4.12. The quantitative estimate of drug-likeness (QED) is 0.595. The van der Waals surface area contributed by atoms with Gasteiger partial charge in [0.2, 0.25) is 0 Å². The lowest BCUT2D eigenvalue weighted by atomic mass is 10.3. The third kappa shape index (κ3) is 1.61. The molecule has 0 aliphatic heterocycles. The van der Waals surface area contributed by atoms with Crippen LogP contribution in [-0.4, -0.2) is 14.6 Å². The number of aryl methyl sites for hydroxylation is 1. The minimum Gasteiger partial charge on any atom is -0.236 e. The summed E-state index contributed by atoms with van der Waals surface area (Å²) in [5, 5.41) is 4.09. The van der Waals surface area contributed by atoms with Crippen molar-refractivity contribution in [2.45, 2.75) is 20.8 Å². The fourth-order valence-corrected chi connectivity index (χ4v) is 0.904. The van der Waals surface area contributed by atoms with E-state index in [-0.39, 0.29) is 0 Å². The van der Waals surface area contributed by atoms with Gasteiger partial charge in [0.25, 0.3) is 0 Å². The van der Waals surface area contributed by atoms with Gasteiger partial charge in [0.15, 0.2) is 5.65 Å². The van der Waals surface area contributed by atoms with E-state index in [9.17, 15) is 0 Å². The van der Waals surface area contributed by atoms with Crippen molar-refractivity contribution in [2.24, 2.45) is 0 Å². The van der Waals surface area contributed by atoms with Crippen LogP contribution in [0.4, 0.5) is 0 Å². The number of fused-ring (bicyclic) bond motifs is 1. The lowest BCUT2D eigenvalue weighted by Gasteiger charge is -1.91. The molecule has 0 aliphatic rings. The number of rotatable bonds is 0. The van der Waals surface area contributed by atoms with Gasteiger partial charge in [-0.1, -0.05) is 13.8 Å². The van der Waals surface area contributed by atoms with Gasteiger partial charge >= 0.3 is 0 Å². The lowest BCUT2D eigenvalue weighted by Crippen LogP contribution is -1.89. The Morgan fingerprint density at radius 3 is 2.83 bits per heavy atom. The molecular weight excluding hydrogens is 150 g/mol. The van der Waals surface area contributed by atoms with Crippen molar-refractivity contribution < 1.29 is 0 Å². The first-order chi connectivity index (χ1) is 5.86. The van der Waals surface area contributed by atoms with Crippen LogP contribution < -0.4 is 0 Å². The van der Waals surface area contributed by atoms with Crippen LogP contribution in [0.5, 0.6) is 0 Å². The van der Waals surface area contributed by atoms with E-state index in [1.54, 1.807) is 10.7 Å². The fraction of sp³-hybridized carbons (Fsp3) is 0.333. The van der Waals surface area contributed by atoms with Gasteiger partial charge in [-0.05, 0) is 18.6 Å². The molecule has 0 atom stereocenters. The largest absolute Gasteiger partial charge is 0.236 e. The normalized spacial score (nSPS) is 9.25. The van der Waals surface area contributed by atoms with Gasteiger partial charge in [-0.2, -0.15) is 5.10 Å². The van der Waals surface area contributed by atoms with Crippen molar-refractivity contribution in [1.29, 1.82) is 0 Å². The Bertz CT molecular complexity index is 351. The maximum absolute atomic E-state index is 4.09. The topological polar surface area (TPSA) is 30.2 Å². The minimum absolute atomic E-state index is 0.903. The summed E-state index contributed by atoms with van der Waals surface area (Å²) in [6.45, 7) is 6.00. The highest BCUT2D eigenvalue weighted by atomic mass is 15.2. The molecule has 0 saturated heterocycles. The Morgan fingerprint density at radius 2 is 2.08 bits per heavy atom. The Labute approximate surface area is 72.1 Å². The standard InChI is InChI=1S/C7H7N3.C2H6/c1-6-4-7-8-2-3-10(7)9-5-6;1-2/h2-5H,1H3;1-2H3. The minimum atomic E-state index is 0.903. The van der Waals surface area contributed by atoms with Crippen LogP contribution in [0.2, 0.25) is 0 Å². The van der Waals surface area contributed by atoms with E-state index in [2.05, 4.69) is 10.1 Å². The summed E-state index contributed by atoms with van der Waals surface area (Å²) in [6, 6.07) is 1.99. The van der Waals surface area contributed by atoms with E-state index in [1.165, 1.54) is 0 Å². The second-order valence-electron chi connectivity index (χ2n) is 2.26. The fourth-order valence-electron chi connectivity index (χ4n) is 0.904. The van der Waals surface area contributed by atoms with Crippen molar-refractivity contribution >= 4 is 5.65 Å². The molecule has 64 valence electrons. The third-order valence-corrected chi connectivity index (χ3v) is 1.39. The van der Waals surface area contributed by atoms with E-state index in [0.29, 0.717) is 0 Å². The van der Waals surface area contributed by atoms with Gasteiger partial charge in [0.1, 0.15) is 0 Å². The highest BCUT2D eigenvalue weighted by Crippen LogP contribution is 1.99. The average Bonchev–Trinajstić information content (AvgIpc) is 2.54. The zero-order valence-corrected chi connectivity index (χ0v) is 7.65. The average molecular weight is 163 g/mol. The molecule has 3 heteroatoms. The molecule has 0 fully saturated rings. The van der Waals surface area contributed by atoms with Gasteiger partial charge in [-0.3, -0.25) is 0 Å². The second kappa shape index (κ2) is 3.85. The van der Waals surface area contributed by atoms with Crippen molar-refractivity contribution in [3.8, 4) is 0 Å². The SMILES string of the molecule is CC.Cc1cnn2ccnc2c1. The highest BCUT2D eigenvalue weighted by molar-refractivity contribution is 5.38. The Hall–Kier alpha value is -1.38. The summed E-state index contributed by atoms with van der Waals surface area (Å²) in [7, 11) is 0. The molecule has 0 bridgehead atoms. The maximum atomic E-state index is 4.09. The summed E-state index contributed by atoms with van der Waals surface area (Å²) in [4.78, 5) is 4.08. The predicted octanol–water partition coefficient (Wildman–Crippen LogP) is 2.06. The van der Waals surface area contributed by atoms with Crippen molar-refractivity contribution in [1.82, 2.24) is 14.6 Å². The first-order valence-corrected chi connectivity index (χ1v) is 4.12. The predicted molar refractivity (Wildman–Crippen MR) is 49.1 cm³/mol. The van der Waals surface area contributed by atoms with E-state index in [1.807, 2.05) is 39.2 Å². The molecule has 2 aromatic rings. The summed E-state index contributed by atoms with van der Waals surface area (Å²) < 4.78 is 1.74. The summed E-state index contributed by atoms with van der Waals surface area (Å²) in [5.74, 6) is 0. The molecule has 0 spiro atoms. The third-order valence-electron chi connectivity index (χ3n) is 1.39. The summed E-state index contributed by atoms with van der Waals surface area (Å²) >= 11 is 0. The number of hydrogen-bond acceptors (Lipinski definition) is 2. The zero-order chi connectivity index (χ0) is 8.97. The molecule has 2 aromatic heterocycles.